The molecule has 0 unspecified atom stereocenters. The summed E-state index contributed by atoms with van der Waals surface area (Å²) < 4.78 is 0. The Morgan fingerprint density at radius 3 is 2.06 bits per heavy atom. The summed E-state index contributed by atoms with van der Waals surface area (Å²) in [5.74, 6) is 2.36. The normalized spacial score (nSPS) is 58.1. The maximum atomic E-state index is 11.8. The molecule has 5 saturated carbocycles. The summed E-state index contributed by atoms with van der Waals surface area (Å²) in [6.45, 7) is 18.6. The smallest absolute Gasteiger partial charge is 0.0622 e. The molecular formula is C30H52O3. The van der Waals surface area contributed by atoms with Gasteiger partial charge in [-0.2, -0.15) is 0 Å². The van der Waals surface area contributed by atoms with Gasteiger partial charge in [-0.05, 0) is 128 Å². The summed E-state index contributed by atoms with van der Waals surface area (Å²) in [5.41, 5.74) is -0.126. The quantitative estimate of drug-likeness (QED) is 0.437. The van der Waals surface area contributed by atoms with Crippen molar-refractivity contribution >= 4 is 0 Å². The molecule has 3 heteroatoms. The monoisotopic (exact) mass is 460 g/mol. The van der Waals surface area contributed by atoms with Gasteiger partial charge in [0, 0.05) is 0 Å². The Morgan fingerprint density at radius 1 is 0.758 bits per heavy atom. The van der Waals surface area contributed by atoms with E-state index in [9.17, 15) is 15.3 Å². The Kier molecular flexibility index (Phi) is 5.21. The first-order chi connectivity index (χ1) is 15.0. The predicted molar refractivity (Wildman–Crippen MR) is 134 cm³/mol. The summed E-state index contributed by atoms with van der Waals surface area (Å²) in [5, 5.41) is 33.9. The van der Waals surface area contributed by atoms with Crippen molar-refractivity contribution in [2.75, 3.05) is 0 Å². The van der Waals surface area contributed by atoms with Crippen LogP contribution in [0.2, 0.25) is 0 Å². The van der Waals surface area contributed by atoms with E-state index in [1.54, 1.807) is 0 Å². The molecule has 5 rings (SSSR count). The zero-order valence-corrected chi connectivity index (χ0v) is 22.7. The summed E-state index contributed by atoms with van der Waals surface area (Å²) in [6, 6.07) is 0. The van der Waals surface area contributed by atoms with Gasteiger partial charge in [-0.25, -0.2) is 0 Å². The molecule has 11 atom stereocenters. The van der Waals surface area contributed by atoms with Crippen molar-refractivity contribution in [2.24, 2.45) is 56.7 Å². The summed E-state index contributed by atoms with van der Waals surface area (Å²) in [6.07, 6.45) is 9.56. The number of aliphatic hydroxyl groups is 3. The SMILES string of the molecule is CC(C)(O)[C@@H]1CC[C@]2(C)CC[C@]3(C)[C@H](CC[C@@H]4[C@@]5(C)CC[C@H](O)C(C)(C)[C@@H]5[C@H](O)C[C@]43C)[C@@H]12. The minimum Gasteiger partial charge on any atom is -0.393 e. The van der Waals surface area contributed by atoms with Crippen LogP contribution in [0.15, 0.2) is 0 Å². The van der Waals surface area contributed by atoms with Crippen LogP contribution in [0.25, 0.3) is 0 Å². The van der Waals surface area contributed by atoms with Crippen molar-refractivity contribution in [3.8, 4) is 0 Å². The average molecular weight is 461 g/mol. The van der Waals surface area contributed by atoms with Gasteiger partial charge in [-0.3, -0.25) is 0 Å². The number of aliphatic hydroxyl groups excluding tert-OH is 2. The second-order valence-electron chi connectivity index (χ2n) is 15.7. The van der Waals surface area contributed by atoms with E-state index in [1.807, 2.05) is 13.8 Å². The van der Waals surface area contributed by atoms with Crippen molar-refractivity contribution in [2.45, 2.75) is 131 Å². The van der Waals surface area contributed by atoms with Crippen LogP contribution in [-0.4, -0.2) is 33.1 Å². The van der Waals surface area contributed by atoms with E-state index in [0.717, 1.165) is 25.7 Å². The number of hydrogen-bond acceptors (Lipinski definition) is 3. The molecule has 5 aliphatic rings. The fourth-order valence-electron chi connectivity index (χ4n) is 11.9. The van der Waals surface area contributed by atoms with E-state index in [1.165, 1.54) is 32.1 Å². The number of rotatable bonds is 1. The summed E-state index contributed by atoms with van der Waals surface area (Å²) in [7, 11) is 0. The van der Waals surface area contributed by atoms with Crippen LogP contribution in [-0.2, 0) is 0 Å². The minimum absolute atomic E-state index is 0.0786. The lowest BCUT2D eigenvalue weighted by atomic mass is 9.32. The summed E-state index contributed by atoms with van der Waals surface area (Å²) >= 11 is 0. The molecule has 0 radical (unpaired) electrons. The van der Waals surface area contributed by atoms with Gasteiger partial charge in [-0.1, -0.05) is 41.5 Å². The molecule has 0 heterocycles. The Bertz CT molecular complexity index is 799. The van der Waals surface area contributed by atoms with E-state index in [-0.39, 0.29) is 39.8 Å². The van der Waals surface area contributed by atoms with Crippen molar-refractivity contribution in [3.05, 3.63) is 0 Å². The molecule has 0 spiro atoms. The number of fused-ring (bicyclic) bond motifs is 7. The van der Waals surface area contributed by atoms with Crippen LogP contribution in [0.3, 0.4) is 0 Å². The summed E-state index contributed by atoms with van der Waals surface area (Å²) in [4.78, 5) is 0. The van der Waals surface area contributed by atoms with E-state index in [0.29, 0.717) is 29.1 Å². The fraction of sp³-hybridized carbons (Fsp3) is 1.00. The van der Waals surface area contributed by atoms with Crippen molar-refractivity contribution in [3.63, 3.8) is 0 Å². The predicted octanol–water partition coefficient (Wildman–Crippen LogP) is 6.19. The van der Waals surface area contributed by atoms with Crippen LogP contribution < -0.4 is 0 Å². The molecule has 5 fully saturated rings. The highest BCUT2D eigenvalue weighted by Crippen LogP contribution is 2.77. The Labute approximate surface area is 203 Å². The lowest BCUT2D eigenvalue weighted by Gasteiger charge is -2.73. The van der Waals surface area contributed by atoms with Gasteiger partial charge in [-0.15, -0.1) is 0 Å². The average Bonchev–Trinajstić information content (AvgIpc) is 3.03. The van der Waals surface area contributed by atoms with Gasteiger partial charge >= 0.3 is 0 Å². The third-order valence-corrected chi connectivity index (χ3v) is 13.6. The molecule has 33 heavy (non-hydrogen) atoms. The molecule has 3 nitrogen and oxygen atoms in total. The van der Waals surface area contributed by atoms with Gasteiger partial charge in [0.05, 0.1) is 17.8 Å². The maximum Gasteiger partial charge on any atom is 0.0622 e. The molecular weight excluding hydrogens is 408 g/mol. The molecule has 0 aromatic heterocycles. The molecule has 3 N–H and O–H groups in total. The minimum atomic E-state index is -0.620. The first-order valence-corrected chi connectivity index (χ1v) is 14.1. The van der Waals surface area contributed by atoms with E-state index in [4.69, 9.17) is 0 Å². The number of hydrogen-bond donors (Lipinski definition) is 3. The van der Waals surface area contributed by atoms with Gasteiger partial charge in [0.25, 0.3) is 0 Å². The van der Waals surface area contributed by atoms with E-state index in [2.05, 4.69) is 41.5 Å². The molecule has 0 bridgehead atoms. The molecule has 0 aliphatic heterocycles. The highest BCUT2D eigenvalue weighted by molar-refractivity contribution is 5.21. The van der Waals surface area contributed by atoms with Crippen molar-refractivity contribution in [1.82, 2.24) is 0 Å². The Balaban J connectivity index is 1.57. The highest BCUT2D eigenvalue weighted by atomic mass is 16.3. The van der Waals surface area contributed by atoms with E-state index < -0.39 is 5.60 Å². The lowest BCUT2D eigenvalue weighted by molar-refractivity contribution is -0.277. The Morgan fingerprint density at radius 2 is 1.42 bits per heavy atom. The van der Waals surface area contributed by atoms with E-state index >= 15 is 0 Å². The molecule has 0 aromatic carbocycles. The molecule has 5 aliphatic carbocycles. The van der Waals surface area contributed by atoms with Gasteiger partial charge in [0.1, 0.15) is 0 Å². The second-order valence-corrected chi connectivity index (χ2v) is 15.7. The van der Waals surface area contributed by atoms with Crippen LogP contribution in [0, 0.1) is 56.7 Å². The largest absolute Gasteiger partial charge is 0.393 e. The van der Waals surface area contributed by atoms with Crippen molar-refractivity contribution in [1.29, 1.82) is 0 Å². The maximum absolute atomic E-state index is 11.8. The molecule has 190 valence electrons. The third-order valence-electron chi connectivity index (χ3n) is 13.6. The zero-order valence-electron chi connectivity index (χ0n) is 22.7. The zero-order chi connectivity index (χ0) is 24.4. The van der Waals surface area contributed by atoms with Crippen LogP contribution in [0.1, 0.15) is 113 Å². The standard InChI is InChI=1S/C30H52O3/c1-25(2)22(32)12-14-28(6)21-10-9-19-23-18(26(3,4)33)11-13-27(23,5)15-16-29(19,7)30(21,8)17-20(31)24(25)28/h18-24,31-33H,9-17H2,1-8H3/t18-,19-,20-,21-,22+,23-,24+,27-,28-,29-,30-/m1/s1. The topological polar surface area (TPSA) is 60.7 Å². The molecule has 0 aromatic rings. The van der Waals surface area contributed by atoms with Crippen LogP contribution in [0.5, 0.6) is 0 Å². The molecule has 0 amide bonds. The molecule has 0 saturated heterocycles. The Hall–Kier alpha value is -0.120. The van der Waals surface area contributed by atoms with Gasteiger partial charge < -0.3 is 15.3 Å². The lowest BCUT2D eigenvalue weighted by Crippen LogP contribution is -2.69. The van der Waals surface area contributed by atoms with Crippen LogP contribution >= 0.6 is 0 Å². The highest BCUT2D eigenvalue weighted by Gasteiger charge is 2.72. The fourth-order valence-corrected chi connectivity index (χ4v) is 11.9. The second kappa shape index (κ2) is 7.00. The first-order valence-electron chi connectivity index (χ1n) is 14.1. The van der Waals surface area contributed by atoms with Gasteiger partial charge in [0.15, 0.2) is 0 Å². The van der Waals surface area contributed by atoms with Crippen molar-refractivity contribution < 1.29 is 15.3 Å². The van der Waals surface area contributed by atoms with Crippen LogP contribution in [0.4, 0.5) is 0 Å². The van der Waals surface area contributed by atoms with Gasteiger partial charge in [0.2, 0.25) is 0 Å². The first kappa shape index (κ1) is 24.6. The third kappa shape index (κ3) is 2.97.